The van der Waals surface area contributed by atoms with Gasteiger partial charge < -0.3 is 19.3 Å². The standard InChI is InChI=1S/C28H34N4O3/c1-30-18-14-29-28(30)27(34)22-11-16-32(17-12-22)26(33)13-15-31-19-23-9-5-6-10-24(23)35-25(20-31)21-7-3-2-4-8-21/h2-10,14,18,22,25,27,34H,11-13,15-17,19-20H2,1H3/t25-,27-/m0/s1. The quantitative estimate of drug-likeness (QED) is 0.590. The normalized spacial score (nSPS) is 20.1. The Balaban J connectivity index is 1.18. The maximum Gasteiger partial charge on any atom is 0.223 e. The number of nitrogens with zero attached hydrogens (tertiary/aromatic N) is 4. The second-order valence-corrected chi connectivity index (χ2v) is 9.67. The van der Waals surface area contributed by atoms with Crippen LogP contribution in [-0.2, 0) is 18.4 Å². The summed E-state index contributed by atoms with van der Waals surface area (Å²) in [6, 6.07) is 18.5. The van der Waals surface area contributed by atoms with Gasteiger partial charge in [0.15, 0.2) is 0 Å². The van der Waals surface area contributed by atoms with Gasteiger partial charge in [-0.3, -0.25) is 9.69 Å². The Morgan fingerprint density at radius 3 is 2.60 bits per heavy atom. The second kappa shape index (κ2) is 10.6. The Labute approximate surface area is 207 Å². The Bertz CT molecular complexity index is 1120. The number of aromatic nitrogens is 2. The summed E-state index contributed by atoms with van der Waals surface area (Å²) in [6.07, 6.45) is 4.98. The summed E-state index contributed by atoms with van der Waals surface area (Å²) in [5.74, 6) is 1.94. The van der Waals surface area contributed by atoms with Crippen LogP contribution >= 0.6 is 0 Å². The molecule has 1 N–H and O–H groups in total. The van der Waals surface area contributed by atoms with Gasteiger partial charge in [-0.25, -0.2) is 4.98 Å². The molecule has 7 nitrogen and oxygen atoms in total. The summed E-state index contributed by atoms with van der Waals surface area (Å²) < 4.78 is 8.27. The highest BCUT2D eigenvalue weighted by Crippen LogP contribution is 2.32. The highest BCUT2D eigenvalue weighted by atomic mass is 16.5. The lowest BCUT2D eigenvalue weighted by atomic mass is 9.90. The number of benzene rings is 2. The molecular formula is C28H34N4O3. The highest BCUT2D eigenvalue weighted by molar-refractivity contribution is 5.76. The van der Waals surface area contributed by atoms with Crippen LogP contribution in [0, 0.1) is 5.92 Å². The zero-order valence-electron chi connectivity index (χ0n) is 20.3. The molecule has 2 aliphatic rings. The molecule has 5 rings (SSSR count). The number of aryl methyl sites for hydroxylation is 1. The van der Waals surface area contributed by atoms with Crippen LogP contribution in [0.25, 0.3) is 0 Å². The van der Waals surface area contributed by atoms with Crippen molar-refractivity contribution in [3.63, 3.8) is 0 Å². The van der Waals surface area contributed by atoms with Gasteiger partial charge in [-0.2, -0.15) is 0 Å². The zero-order chi connectivity index (χ0) is 24.2. The van der Waals surface area contributed by atoms with Crippen molar-refractivity contribution in [1.29, 1.82) is 0 Å². The van der Waals surface area contributed by atoms with Crippen LogP contribution in [0.5, 0.6) is 5.75 Å². The summed E-state index contributed by atoms with van der Waals surface area (Å²) >= 11 is 0. The van der Waals surface area contributed by atoms with Gasteiger partial charge in [-0.05, 0) is 30.4 Å². The maximum absolute atomic E-state index is 13.1. The fourth-order valence-corrected chi connectivity index (χ4v) is 5.24. The molecule has 3 heterocycles. The Morgan fingerprint density at radius 2 is 1.86 bits per heavy atom. The molecule has 3 aromatic rings. The predicted octanol–water partition coefficient (Wildman–Crippen LogP) is 3.72. The van der Waals surface area contributed by atoms with Crippen LogP contribution in [-0.4, -0.2) is 56.5 Å². The average molecular weight is 475 g/mol. The van der Waals surface area contributed by atoms with Crippen molar-refractivity contribution in [3.8, 4) is 5.75 Å². The van der Waals surface area contributed by atoms with Gasteiger partial charge in [-0.15, -0.1) is 0 Å². The minimum absolute atomic E-state index is 0.0710. The molecular weight excluding hydrogens is 440 g/mol. The van der Waals surface area contributed by atoms with Gasteiger partial charge in [0.25, 0.3) is 0 Å². The third kappa shape index (κ3) is 5.41. The highest BCUT2D eigenvalue weighted by Gasteiger charge is 2.30. The number of aliphatic hydroxyl groups is 1. The smallest absolute Gasteiger partial charge is 0.223 e. The lowest BCUT2D eigenvalue weighted by molar-refractivity contribution is -0.133. The number of fused-ring (bicyclic) bond motifs is 1. The molecule has 0 bridgehead atoms. The molecule has 35 heavy (non-hydrogen) atoms. The summed E-state index contributed by atoms with van der Waals surface area (Å²) in [7, 11) is 1.90. The first kappa shape index (κ1) is 23.6. The molecule has 0 spiro atoms. The van der Waals surface area contributed by atoms with E-state index in [1.165, 1.54) is 0 Å². The first-order chi connectivity index (χ1) is 17.1. The predicted molar refractivity (Wildman–Crippen MR) is 134 cm³/mol. The van der Waals surface area contributed by atoms with Crippen LogP contribution in [0.2, 0.25) is 0 Å². The number of rotatable bonds is 6. The van der Waals surface area contributed by atoms with Gasteiger partial charge >= 0.3 is 0 Å². The van der Waals surface area contributed by atoms with Crippen molar-refractivity contribution in [2.45, 2.75) is 38.0 Å². The number of hydrogen-bond donors (Lipinski definition) is 1. The van der Waals surface area contributed by atoms with Crippen molar-refractivity contribution in [2.24, 2.45) is 13.0 Å². The SMILES string of the molecule is Cn1ccnc1[C@@H](O)C1CCN(C(=O)CCN2Cc3ccccc3O[C@H](c3ccccc3)C2)CC1. The van der Waals surface area contributed by atoms with E-state index in [-0.39, 0.29) is 17.9 Å². The Morgan fingerprint density at radius 1 is 1.11 bits per heavy atom. The number of carbonyl (C=O) groups is 1. The topological polar surface area (TPSA) is 70.8 Å². The van der Waals surface area contributed by atoms with Crippen LogP contribution in [0.1, 0.15) is 48.4 Å². The van der Waals surface area contributed by atoms with Crippen LogP contribution in [0.4, 0.5) is 0 Å². The fourth-order valence-electron chi connectivity index (χ4n) is 5.24. The van der Waals surface area contributed by atoms with E-state index in [2.05, 4.69) is 28.1 Å². The van der Waals surface area contributed by atoms with E-state index in [0.717, 1.165) is 42.8 Å². The third-order valence-electron chi connectivity index (χ3n) is 7.33. The lowest BCUT2D eigenvalue weighted by Gasteiger charge is -2.34. The van der Waals surface area contributed by atoms with Crippen LogP contribution in [0.15, 0.2) is 67.0 Å². The minimum Gasteiger partial charge on any atom is -0.484 e. The van der Waals surface area contributed by atoms with Crippen LogP contribution in [0.3, 0.4) is 0 Å². The summed E-state index contributed by atoms with van der Waals surface area (Å²) in [6.45, 7) is 3.57. The lowest BCUT2D eigenvalue weighted by Crippen LogP contribution is -2.41. The summed E-state index contributed by atoms with van der Waals surface area (Å²) in [5.41, 5.74) is 2.30. The molecule has 7 heteroatoms. The molecule has 1 saturated heterocycles. The number of para-hydroxylation sites is 1. The summed E-state index contributed by atoms with van der Waals surface area (Å²) in [4.78, 5) is 21.7. The first-order valence-electron chi connectivity index (χ1n) is 12.5. The molecule has 0 aliphatic carbocycles. The number of ether oxygens (including phenoxy) is 1. The monoisotopic (exact) mass is 474 g/mol. The van der Waals surface area contributed by atoms with Crippen molar-refractivity contribution < 1.29 is 14.6 Å². The van der Waals surface area contributed by atoms with Gasteiger partial charge in [0.2, 0.25) is 5.91 Å². The van der Waals surface area contributed by atoms with E-state index in [1.807, 2.05) is 59.1 Å². The summed E-state index contributed by atoms with van der Waals surface area (Å²) in [5, 5.41) is 10.7. The number of piperidine rings is 1. The molecule has 1 fully saturated rings. The Hall–Kier alpha value is -3.16. The van der Waals surface area contributed by atoms with E-state index in [0.29, 0.717) is 31.9 Å². The Kier molecular flexibility index (Phi) is 7.16. The molecule has 2 atom stereocenters. The van der Waals surface area contributed by atoms with Crippen molar-refractivity contribution >= 4 is 5.91 Å². The van der Waals surface area contributed by atoms with Crippen molar-refractivity contribution in [2.75, 3.05) is 26.2 Å². The number of amides is 1. The average Bonchev–Trinajstić information content (AvgIpc) is 3.23. The molecule has 0 unspecified atom stereocenters. The van der Waals surface area contributed by atoms with E-state index < -0.39 is 6.10 Å². The van der Waals surface area contributed by atoms with E-state index in [1.54, 1.807) is 6.20 Å². The second-order valence-electron chi connectivity index (χ2n) is 9.67. The first-order valence-corrected chi connectivity index (χ1v) is 12.5. The van der Waals surface area contributed by atoms with Gasteiger partial charge in [0, 0.05) is 64.1 Å². The molecule has 0 saturated carbocycles. The largest absolute Gasteiger partial charge is 0.484 e. The molecule has 1 aromatic heterocycles. The van der Waals surface area contributed by atoms with E-state index in [9.17, 15) is 9.90 Å². The van der Waals surface area contributed by atoms with Gasteiger partial charge in [-0.1, -0.05) is 48.5 Å². The fraction of sp³-hybridized carbons (Fsp3) is 0.429. The number of aliphatic hydroxyl groups excluding tert-OH is 1. The van der Waals surface area contributed by atoms with E-state index >= 15 is 0 Å². The molecule has 2 aliphatic heterocycles. The van der Waals surface area contributed by atoms with Crippen molar-refractivity contribution in [1.82, 2.24) is 19.4 Å². The molecule has 2 aromatic carbocycles. The third-order valence-corrected chi connectivity index (χ3v) is 7.33. The molecule has 184 valence electrons. The van der Waals surface area contributed by atoms with Gasteiger partial charge in [0.1, 0.15) is 23.8 Å². The van der Waals surface area contributed by atoms with Crippen LogP contribution < -0.4 is 4.74 Å². The number of carbonyl (C=O) groups excluding carboxylic acids is 1. The van der Waals surface area contributed by atoms with Gasteiger partial charge in [0.05, 0.1) is 0 Å². The molecule has 1 amide bonds. The van der Waals surface area contributed by atoms with E-state index in [4.69, 9.17) is 4.74 Å². The number of likely N-dealkylation sites (tertiary alicyclic amines) is 1. The minimum atomic E-state index is -0.584. The number of hydrogen-bond acceptors (Lipinski definition) is 5. The number of imidazole rings is 1. The zero-order valence-corrected chi connectivity index (χ0v) is 20.3. The maximum atomic E-state index is 13.1. The van der Waals surface area contributed by atoms with Crippen molar-refractivity contribution in [3.05, 3.63) is 83.9 Å². The molecule has 0 radical (unpaired) electrons.